The average molecular weight is 378 g/mol. The summed E-state index contributed by atoms with van der Waals surface area (Å²) in [6.07, 6.45) is 5.65. The van der Waals surface area contributed by atoms with Crippen molar-refractivity contribution in [1.29, 1.82) is 0 Å². The molecule has 0 amide bonds. The number of phenols is 1. The summed E-state index contributed by atoms with van der Waals surface area (Å²) in [4.78, 5) is 7.81. The van der Waals surface area contributed by atoms with Crippen LogP contribution in [0.15, 0.2) is 65.8 Å². The first-order chi connectivity index (χ1) is 13.2. The lowest BCUT2D eigenvalue weighted by Gasteiger charge is -2.20. The SMILES string of the molecule is CSc1ccc(CN2CCOc3c(O)cc(-c4cccnc4)cc3C2)cc1. The molecule has 3 aromatic rings. The van der Waals surface area contributed by atoms with Crippen LogP contribution in [-0.2, 0) is 13.1 Å². The number of aromatic nitrogens is 1. The number of ether oxygens (including phenoxy) is 1. The van der Waals surface area contributed by atoms with Crippen LogP contribution in [0.1, 0.15) is 11.1 Å². The highest BCUT2D eigenvalue weighted by Crippen LogP contribution is 2.37. The number of benzene rings is 2. The molecule has 0 spiro atoms. The summed E-state index contributed by atoms with van der Waals surface area (Å²) >= 11 is 1.75. The van der Waals surface area contributed by atoms with E-state index in [-0.39, 0.29) is 5.75 Å². The Bertz CT molecular complexity index is 914. The first-order valence-corrected chi connectivity index (χ1v) is 10.2. The maximum Gasteiger partial charge on any atom is 0.165 e. The summed E-state index contributed by atoms with van der Waals surface area (Å²) in [6.45, 7) is 2.98. The minimum Gasteiger partial charge on any atom is -0.504 e. The highest BCUT2D eigenvalue weighted by atomic mass is 32.2. The molecule has 1 aliphatic heterocycles. The van der Waals surface area contributed by atoms with E-state index in [4.69, 9.17) is 4.74 Å². The lowest BCUT2D eigenvalue weighted by atomic mass is 10.0. The van der Waals surface area contributed by atoms with E-state index >= 15 is 0 Å². The molecule has 0 aliphatic carbocycles. The number of nitrogens with zero attached hydrogens (tertiary/aromatic N) is 2. The van der Waals surface area contributed by atoms with Crippen LogP contribution in [0.25, 0.3) is 11.1 Å². The Morgan fingerprint density at radius 2 is 2.00 bits per heavy atom. The van der Waals surface area contributed by atoms with Gasteiger partial charge in [-0.1, -0.05) is 18.2 Å². The molecule has 1 aromatic heterocycles. The molecule has 0 saturated heterocycles. The van der Waals surface area contributed by atoms with Gasteiger partial charge >= 0.3 is 0 Å². The van der Waals surface area contributed by atoms with Gasteiger partial charge in [0.2, 0.25) is 0 Å². The molecule has 0 fully saturated rings. The van der Waals surface area contributed by atoms with Gasteiger partial charge in [-0.15, -0.1) is 11.8 Å². The minimum atomic E-state index is 0.192. The van der Waals surface area contributed by atoms with Crippen LogP contribution in [0.4, 0.5) is 0 Å². The molecule has 0 bridgehead atoms. The number of rotatable bonds is 4. The number of pyridine rings is 1. The molecule has 1 aliphatic rings. The van der Waals surface area contributed by atoms with E-state index in [0.29, 0.717) is 12.4 Å². The van der Waals surface area contributed by atoms with Gasteiger partial charge in [0.1, 0.15) is 6.61 Å². The van der Waals surface area contributed by atoms with Gasteiger partial charge in [0, 0.05) is 48.1 Å². The molecule has 1 N–H and O–H groups in total. The lowest BCUT2D eigenvalue weighted by molar-refractivity contribution is 0.217. The number of hydrogen-bond acceptors (Lipinski definition) is 5. The second-order valence-corrected chi connectivity index (χ2v) is 7.51. The third-order valence-electron chi connectivity index (χ3n) is 4.75. The van der Waals surface area contributed by atoms with E-state index in [1.165, 1.54) is 10.5 Å². The van der Waals surface area contributed by atoms with Gasteiger partial charge in [-0.05, 0) is 47.7 Å². The van der Waals surface area contributed by atoms with E-state index in [9.17, 15) is 5.11 Å². The molecular weight excluding hydrogens is 356 g/mol. The van der Waals surface area contributed by atoms with E-state index in [1.807, 2.05) is 18.3 Å². The van der Waals surface area contributed by atoms with E-state index in [0.717, 1.165) is 36.3 Å². The summed E-state index contributed by atoms with van der Waals surface area (Å²) < 4.78 is 5.86. The number of hydrogen-bond donors (Lipinski definition) is 1. The molecule has 138 valence electrons. The normalized spacial score (nSPS) is 14.3. The maximum atomic E-state index is 10.5. The van der Waals surface area contributed by atoms with Crippen LogP contribution in [0.3, 0.4) is 0 Å². The standard InChI is InChI=1S/C22H22N2O2S/c1-27-20-6-4-16(5-7-20)14-24-9-10-26-22-19(15-24)11-18(12-21(22)25)17-3-2-8-23-13-17/h2-8,11-13,25H,9-10,14-15H2,1H3. The Balaban J connectivity index is 1.59. The lowest BCUT2D eigenvalue weighted by Crippen LogP contribution is -2.25. The van der Waals surface area contributed by atoms with Gasteiger partial charge in [0.25, 0.3) is 0 Å². The van der Waals surface area contributed by atoms with Crippen molar-refractivity contribution in [3.05, 3.63) is 72.1 Å². The predicted molar refractivity (Wildman–Crippen MR) is 109 cm³/mol. The molecule has 4 nitrogen and oxygen atoms in total. The molecule has 0 atom stereocenters. The van der Waals surface area contributed by atoms with E-state index in [2.05, 4.69) is 46.5 Å². The summed E-state index contributed by atoms with van der Waals surface area (Å²) in [5.74, 6) is 0.792. The van der Waals surface area contributed by atoms with Crippen molar-refractivity contribution >= 4 is 11.8 Å². The second-order valence-electron chi connectivity index (χ2n) is 6.63. The van der Waals surface area contributed by atoms with Crippen LogP contribution in [0.2, 0.25) is 0 Å². The fourth-order valence-corrected chi connectivity index (χ4v) is 3.79. The first-order valence-electron chi connectivity index (χ1n) is 8.97. The maximum absolute atomic E-state index is 10.5. The van der Waals surface area contributed by atoms with E-state index < -0.39 is 0 Å². The Morgan fingerprint density at radius 1 is 1.15 bits per heavy atom. The van der Waals surface area contributed by atoms with Crippen LogP contribution < -0.4 is 4.74 Å². The number of fused-ring (bicyclic) bond motifs is 1. The zero-order valence-corrected chi connectivity index (χ0v) is 16.1. The molecule has 4 rings (SSSR count). The molecule has 2 heterocycles. The first kappa shape index (κ1) is 17.9. The average Bonchev–Trinajstić information content (AvgIpc) is 2.91. The van der Waals surface area contributed by atoms with Crippen molar-refractivity contribution in [3.8, 4) is 22.6 Å². The smallest absolute Gasteiger partial charge is 0.165 e. The predicted octanol–water partition coefficient (Wildman–Crippen LogP) is 4.57. The Labute approximate surface area is 163 Å². The number of phenolic OH excluding ortho intramolecular Hbond substituents is 1. The van der Waals surface area contributed by atoms with Crippen LogP contribution in [0, 0.1) is 0 Å². The molecule has 27 heavy (non-hydrogen) atoms. The highest BCUT2D eigenvalue weighted by molar-refractivity contribution is 7.98. The van der Waals surface area contributed by atoms with Crippen molar-refractivity contribution in [1.82, 2.24) is 9.88 Å². The zero-order chi connectivity index (χ0) is 18.6. The third-order valence-corrected chi connectivity index (χ3v) is 5.50. The quantitative estimate of drug-likeness (QED) is 0.674. The molecule has 0 radical (unpaired) electrons. The number of aromatic hydroxyl groups is 1. The Hall–Kier alpha value is -2.50. The molecule has 2 aromatic carbocycles. The second kappa shape index (κ2) is 8.03. The van der Waals surface area contributed by atoms with E-state index in [1.54, 1.807) is 24.0 Å². The largest absolute Gasteiger partial charge is 0.504 e. The summed E-state index contributed by atoms with van der Waals surface area (Å²) in [6, 6.07) is 16.4. The summed E-state index contributed by atoms with van der Waals surface area (Å²) in [7, 11) is 0. The van der Waals surface area contributed by atoms with Gasteiger partial charge in [-0.2, -0.15) is 0 Å². The zero-order valence-electron chi connectivity index (χ0n) is 15.3. The van der Waals surface area contributed by atoms with Crippen LogP contribution in [-0.4, -0.2) is 34.4 Å². The van der Waals surface area contributed by atoms with Gasteiger partial charge in [-0.25, -0.2) is 0 Å². The monoisotopic (exact) mass is 378 g/mol. The topological polar surface area (TPSA) is 45.6 Å². The van der Waals surface area contributed by atoms with Crippen molar-refractivity contribution in [2.45, 2.75) is 18.0 Å². The van der Waals surface area contributed by atoms with Crippen LogP contribution >= 0.6 is 11.8 Å². The van der Waals surface area contributed by atoms with Gasteiger partial charge in [-0.3, -0.25) is 9.88 Å². The Morgan fingerprint density at radius 3 is 2.74 bits per heavy atom. The van der Waals surface area contributed by atoms with Crippen LogP contribution in [0.5, 0.6) is 11.5 Å². The van der Waals surface area contributed by atoms with Gasteiger partial charge < -0.3 is 9.84 Å². The minimum absolute atomic E-state index is 0.192. The molecule has 5 heteroatoms. The molecular formula is C22H22N2O2S. The van der Waals surface area contributed by atoms with Crippen molar-refractivity contribution in [2.75, 3.05) is 19.4 Å². The van der Waals surface area contributed by atoms with Crippen molar-refractivity contribution in [2.24, 2.45) is 0 Å². The van der Waals surface area contributed by atoms with Crippen molar-refractivity contribution in [3.63, 3.8) is 0 Å². The summed E-state index contributed by atoms with van der Waals surface area (Å²) in [5, 5.41) is 10.5. The van der Waals surface area contributed by atoms with Gasteiger partial charge in [0.15, 0.2) is 11.5 Å². The van der Waals surface area contributed by atoms with Gasteiger partial charge in [0.05, 0.1) is 0 Å². The third kappa shape index (κ3) is 4.10. The number of thioether (sulfide) groups is 1. The fraction of sp³-hybridized carbons (Fsp3) is 0.227. The molecule has 0 saturated carbocycles. The summed E-state index contributed by atoms with van der Waals surface area (Å²) in [5.41, 5.74) is 4.23. The van der Waals surface area contributed by atoms with Crippen molar-refractivity contribution < 1.29 is 9.84 Å². The highest BCUT2D eigenvalue weighted by Gasteiger charge is 2.20. The fourth-order valence-electron chi connectivity index (χ4n) is 3.38. The molecule has 0 unspecified atom stereocenters. The Kier molecular flexibility index (Phi) is 5.32.